The molecule has 1 aliphatic heterocycles. The molecule has 0 unspecified atom stereocenters. The van der Waals surface area contributed by atoms with Crippen LogP contribution in [-0.4, -0.2) is 63.4 Å². The number of amides is 1. The van der Waals surface area contributed by atoms with Crippen molar-refractivity contribution in [2.24, 2.45) is 0 Å². The smallest absolute Gasteiger partial charge is 0.416 e. The standard InChI is InChI=1S/C16H19F3NO6/c1-8(22)20(6-9-2-4-10(5-3-9)16(17,18)19)12-14(24)13(23)11(7-21)26-15(12)25/h2-5,11-15,21,23-24H,6-7H2,1H3/q-1/t11-,12-,13-,14-,15-/m1/s1. The Hall–Kier alpha value is -1.72. The monoisotopic (exact) mass is 378 g/mol. The third kappa shape index (κ3) is 4.33. The fourth-order valence-electron chi connectivity index (χ4n) is 2.82. The lowest BCUT2D eigenvalue weighted by molar-refractivity contribution is -0.525. The van der Waals surface area contributed by atoms with E-state index in [1.807, 2.05) is 0 Å². The highest BCUT2D eigenvalue weighted by atomic mass is 19.4. The number of benzene rings is 1. The summed E-state index contributed by atoms with van der Waals surface area (Å²) in [4.78, 5) is 12.9. The minimum Gasteiger partial charge on any atom is -0.829 e. The number of carbonyl (C=O) groups is 1. The number of aliphatic hydroxyl groups excluding tert-OH is 3. The molecule has 2 rings (SSSR count). The van der Waals surface area contributed by atoms with Gasteiger partial charge in [0.2, 0.25) is 5.91 Å². The average molecular weight is 378 g/mol. The molecule has 1 heterocycles. The number of aliphatic hydroxyl groups is 3. The van der Waals surface area contributed by atoms with Crippen molar-refractivity contribution in [2.75, 3.05) is 6.61 Å². The first-order chi connectivity index (χ1) is 12.1. The maximum Gasteiger partial charge on any atom is 0.416 e. The summed E-state index contributed by atoms with van der Waals surface area (Å²) >= 11 is 0. The second-order valence-electron chi connectivity index (χ2n) is 6.04. The van der Waals surface area contributed by atoms with Gasteiger partial charge in [0.05, 0.1) is 18.2 Å². The van der Waals surface area contributed by atoms with Crippen LogP contribution in [0.25, 0.3) is 0 Å². The van der Waals surface area contributed by atoms with E-state index in [4.69, 9.17) is 9.84 Å². The molecule has 1 aromatic carbocycles. The lowest BCUT2D eigenvalue weighted by atomic mass is 9.95. The number of halogens is 3. The van der Waals surface area contributed by atoms with Gasteiger partial charge in [-0.05, 0) is 17.7 Å². The van der Waals surface area contributed by atoms with E-state index in [1.54, 1.807) is 0 Å². The van der Waals surface area contributed by atoms with Gasteiger partial charge in [-0.15, -0.1) is 0 Å². The third-order valence-electron chi connectivity index (χ3n) is 4.25. The van der Waals surface area contributed by atoms with Crippen molar-refractivity contribution in [3.8, 4) is 0 Å². The van der Waals surface area contributed by atoms with Crippen LogP contribution in [0.5, 0.6) is 0 Å². The summed E-state index contributed by atoms with van der Waals surface area (Å²) in [6.45, 7) is 0.171. The summed E-state index contributed by atoms with van der Waals surface area (Å²) in [5.74, 6) is -0.631. The van der Waals surface area contributed by atoms with Gasteiger partial charge < -0.3 is 30.1 Å². The molecule has 146 valence electrons. The lowest BCUT2D eigenvalue weighted by Gasteiger charge is -2.50. The zero-order chi connectivity index (χ0) is 19.6. The molecule has 0 aliphatic carbocycles. The Balaban J connectivity index is 2.22. The van der Waals surface area contributed by atoms with Gasteiger partial charge in [-0.25, -0.2) is 0 Å². The van der Waals surface area contributed by atoms with Gasteiger partial charge in [0.25, 0.3) is 0 Å². The van der Waals surface area contributed by atoms with Crippen molar-refractivity contribution in [3.05, 3.63) is 35.4 Å². The van der Waals surface area contributed by atoms with Crippen LogP contribution in [0.15, 0.2) is 24.3 Å². The summed E-state index contributed by atoms with van der Waals surface area (Å²) < 4.78 is 42.7. The van der Waals surface area contributed by atoms with Gasteiger partial charge in [0.1, 0.15) is 18.3 Å². The van der Waals surface area contributed by atoms with Gasteiger partial charge in [-0.1, -0.05) is 12.1 Å². The molecule has 3 N–H and O–H groups in total. The highest BCUT2D eigenvalue weighted by Gasteiger charge is 2.43. The van der Waals surface area contributed by atoms with Crippen LogP contribution in [0.1, 0.15) is 18.1 Å². The van der Waals surface area contributed by atoms with E-state index in [9.17, 15) is 33.3 Å². The maximum absolute atomic E-state index is 12.6. The minimum absolute atomic E-state index is 0.256. The van der Waals surface area contributed by atoms with Crippen LogP contribution in [0.3, 0.4) is 0 Å². The molecular formula is C16H19F3NO6-. The largest absolute Gasteiger partial charge is 0.829 e. The van der Waals surface area contributed by atoms with Crippen molar-refractivity contribution in [1.29, 1.82) is 0 Å². The zero-order valence-electron chi connectivity index (χ0n) is 13.8. The van der Waals surface area contributed by atoms with Gasteiger partial charge >= 0.3 is 6.18 Å². The Labute approximate surface area is 147 Å². The van der Waals surface area contributed by atoms with E-state index in [2.05, 4.69) is 0 Å². The summed E-state index contributed by atoms with van der Waals surface area (Å²) in [6, 6.07) is 2.52. The maximum atomic E-state index is 12.6. The van der Waals surface area contributed by atoms with E-state index >= 15 is 0 Å². The summed E-state index contributed by atoms with van der Waals surface area (Å²) in [5, 5.41) is 41.3. The summed E-state index contributed by atoms with van der Waals surface area (Å²) in [6.07, 6.45) is -11.0. The van der Waals surface area contributed by atoms with Crippen molar-refractivity contribution in [1.82, 2.24) is 4.90 Å². The Bertz CT molecular complexity index is 623. The molecule has 1 amide bonds. The molecule has 7 nitrogen and oxygen atoms in total. The van der Waals surface area contributed by atoms with Crippen molar-refractivity contribution in [2.45, 2.75) is 50.3 Å². The molecule has 5 atom stereocenters. The molecule has 0 spiro atoms. The first-order valence-corrected chi connectivity index (χ1v) is 7.78. The fraction of sp³-hybridized carbons (Fsp3) is 0.562. The Morgan fingerprint density at radius 1 is 1.23 bits per heavy atom. The Kier molecular flexibility index (Phi) is 6.25. The SMILES string of the molecule is CC(=O)N(Cc1ccc(C(F)(F)F)cc1)[C@@H]1[C@@H](O)[C@H](O)[C@@H](CO)O[C@H]1[O-]. The molecular weight excluding hydrogens is 359 g/mol. The number of nitrogens with zero attached hydrogens (tertiary/aromatic N) is 1. The summed E-state index contributed by atoms with van der Waals surface area (Å²) in [5.41, 5.74) is -0.564. The Morgan fingerprint density at radius 2 is 1.81 bits per heavy atom. The number of carbonyl (C=O) groups excluding carboxylic acids is 1. The van der Waals surface area contributed by atoms with Gasteiger partial charge in [0, 0.05) is 19.8 Å². The number of rotatable bonds is 4. The first-order valence-electron chi connectivity index (χ1n) is 7.78. The second kappa shape index (κ2) is 7.89. The lowest BCUT2D eigenvalue weighted by Crippen LogP contribution is -2.68. The minimum atomic E-state index is -4.50. The summed E-state index contributed by atoms with van der Waals surface area (Å²) in [7, 11) is 0. The Morgan fingerprint density at radius 3 is 2.27 bits per heavy atom. The van der Waals surface area contributed by atoms with Crippen LogP contribution < -0.4 is 5.11 Å². The van der Waals surface area contributed by atoms with Crippen LogP contribution in [0.4, 0.5) is 13.2 Å². The first kappa shape index (κ1) is 20.6. The molecule has 0 radical (unpaired) electrons. The van der Waals surface area contributed by atoms with Crippen LogP contribution in [-0.2, 0) is 22.3 Å². The molecule has 0 aromatic heterocycles. The van der Waals surface area contributed by atoms with Crippen LogP contribution >= 0.6 is 0 Å². The number of ether oxygens (including phenoxy) is 1. The fourth-order valence-corrected chi connectivity index (χ4v) is 2.82. The topological polar surface area (TPSA) is 113 Å². The van der Waals surface area contributed by atoms with Crippen molar-refractivity contribution < 1.29 is 43.1 Å². The second-order valence-corrected chi connectivity index (χ2v) is 6.04. The number of hydrogen-bond donors (Lipinski definition) is 3. The number of hydrogen-bond acceptors (Lipinski definition) is 6. The molecule has 1 saturated heterocycles. The molecule has 0 saturated carbocycles. The quantitative estimate of drug-likeness (QED) is 0.634. The predicted molar refractivity (Wildman–Crippen MR) is 79.2 cm³/mol. The predicted octanol–water partition coefficient (Wildman–Crippen LogP) is -0.778. The molecule has 1 aliphatic rings. The van der Waals surface area contributed by atoms with E-state index in [-0.39, 0.29) is 6.54 Å². The molecule has 26 heavy (non-hydrogen) atoms. The van der Waals surface area contributed by atoms with Gasteiger partial charge in [0.15, 0.2) is 0 Å². The zero-order valence-corrected chi connectivity index (χ0v) is 13.8. The van der Waals surface area contributed by atoms with Crippen molar-refractivity contribution >= 4 is 5.91 Å². The van der Waals surface area contributed by atoms with Crippen LogP contribution in [0, 0.1) is 0 Å². The third-order valence-corrected chi connectivity index (χ3v) is 4.25. The van der Waals surface area contributed by atoms with Gasteiger partial charge in [-0.2, -0.15) is 13.2 Å². The van der Waals surface area contributed by atoms with E-state index in [0.717, 1.165) is 36.1 Å². The number of alkyl halides is 3. The highest BCUT2D eigenvalue weighted by molar-refractivity contribution is 5.73. The van der Waals surface area contributed by atoms with E-state index in [1.165, 1.54) is 0 Å². The molecule has 0 bridgehead atoms. The molecule has 1 fully saturated rings. The van der Waals surface area contributed by atoms with E-state index in [0.29, 0.717) is 5.56 Å². The van der Waals surface area contributed by atoms with Crippen molar-refractivity contribution in [3.63, 3.8) is 0 Å². The van der Waals surface area contributed by atoms with Crippen LogP contribution in [0.2, 0.25) is 0 Å². The molecule has 10 heteroatoms. The highest BCUT2D eigenvalue weighted by Crippen LogP contribution is 2.30. The van der Waals surface area contributed by atoms with Gasteiger partial charge in [-0.3, -0.25) is 4.79 Å². The average Bonchev–Trinajstić information content (AvgIpc) is 2.56. The van der Waals surface area contributed by atoms with E-state index < -0.39 is 54.9 Å². The normalized spacial score (nSPS) is 29.5. The molecule has 1 aromatic rings.